The minimum Gasteiger partial charge on any atom is -0.481 e. The highest BCUT2D eigenvalue weighted by Crippen LogP contribution is 2.23. The molecule has 27 heavy (non-hydrogen) atoms. The lowest BCUT2D eigenvalue weighted by atomic mass is 10.1. The molecule has 1 heterocycles. The molecular weight excluding hydrogens is 400 g/mol. The number of ether oxygens (including phenoxy) is 2. The minimum atomic E-state index is -4.30. The van der Waals surface area contributed by atoms with Crippen molar-refractivity contribution in [2.45, 2.75) is 11.0 Å². The highest BCUT2D eigenvalue weighted by atomic mass is 35.5. The first-order valence-electron chi connectivity index (χ1n) is 7.44. The molecule has 1 unspecified atom stereocenters. The number of methoxy groups -OCH3 is 2. The maximum Gasteiger partial charge on any atom is 0.335 e. The number of amides is 2. The van der Waals surface area contributed by atoms with Crippen molar-refractivity contribution in [3.05, 3.63) is 35.9 Å². The molecular formula is C15H17ClN4O6S. The van der Waals surface area contributed by atoms with Gasteiger partial charge < -0.3 is 14.6 Å². The molecule has 0 bridgehead atoms. The summed E-state index contributed by atoms with van der Waals surface area (Å²) in [5.74, 6) is -0.227. The molecule has 0 aliphatic heterocycles. The molecule has 0 saturated carbocycles. The van der Waals surface area contributed by atoms with Gasteiger partial charge in [0, 0.05) is 5.56 Å². The normalized spacial score (nSPS) is 12.1. The predicted octanol–water partition coefficient (Wildman–Crippen LogP) is 1.28. The second-order valence-electron chi connectivity index (χ2n) is 5.04. The number of rotatable bonds is 7. The second-order valence-corrected chi connectivity index (χ2v) is 7.00. The third kappa shape index (κ3) is 5.18. The van der Waals surface area contributed by atoms with Crippen molar-refractivity contribution in [1.82, 2.24) is 14.7 Å². The summed E-state index contributed by atoms with van der Waals surface area (Å²) in [7, 11) is -1.58. The molecule has 0 aliphatic carbocycles. The molecule has 1 aromatic heterocycles. The number of sulfonamides is 1. The van der Waals surface area contributed by atoms with Gasteiger partial charge in [-0.05, 0) is 6.07 Å². The summed E-state index contributed by atoms with van der Waals surface area (Å²) in [6, 6.07) is 5.90. The zero-order valence-electron chi connectivity index (χ0n) is 14.3. The lowest BCUT2D eigenvalue weighted by Crippen LogP contribution is -2.35. The zero-order valence-corrected chi connectivity index (χ0v) is 15.9. The summed E-state index contributed by atoms with van der Waals surface area (Å²) in [6.07, 6.45) is -1.21. The molecule has 3 N–H and O–H groups in total. The number of nitrogens with one attached hydrogen (secondary N) is 2. The Morgan fingerprint density at radius 1 is 1.22 bits per heavy atom. The van der Waals surface area contributed by atoms with E-state index in [0.29, 0.717) is 0 Å². The topological polar surface area (TPSA) is 140 Å². The molecule has 12 heteroatoms. The van der Waals surface area contributed by atoms with Gasteiger partial charge in [0.15, 0.2) is 0 Å². The maximum atomic E-state index is 12.5. The Morgan fingerprint density at radius 2 is 1.81 bits per heavy atom. The molecule has 1 atom stereocenters. The Labute approximate surface area is 160 Å². The molecule has 0 spiro atoms. The third-order valence-electron chi connectivity index (χ3n) is 3.26. The number of aliphatic hydroxyl groups excluding tert-OH is 1. The molecule has 0 fully saturated rings. The van der Waals surface area contributed by atoms with E-state index in [1.54, 1.807) is 6.07 Å². The molecule has 146 valence electrons. The van der Waals surface area contributed by atoms with Gasteiger partial charge in [0.1, 0.15) is 0 Å². The van der Waals surface area contributed by atoms with E-state index in [1.165, 1.54) is 38.5 Å². The lowest BCUT2D eigenvalue weighted by molar-refractivity contribution is 0.199. The third-order valence-corrected chi connectivity index (χ3v) is 4.96. The van der Waals surface area contributed by atoms with Crippen LogP contribution in [0.5, 0.6) is 11.8 Å². The largest absolute Gasteiger partial charge is 0.481 e. The van der Waals surface area contributed by atoms with Crippen LogP contribution in [0.1, 0.15) is 11.7 Å². The fourth-order valence-corrected chi connectivity index (χ4v) is 3.40. The van der Waals surface area contributed by atoms with E-state index in [0.717, 1.165) is 0 Å². The molecule has 2 amide bonds. The Balaban J connectivity index is 2.23. The molecule has 2 rings (SSSR count). The number of halogens is 1. The highest BCUT2D eigenvalue weighted by molar-refractivity contribution is 7.90. The van der Waals surface area contributed by atoms with Crippen LogP contribution in [0, 0.1) is 0 Å². The van der Waals surface area contributed by atoms with Crippen LogP contribution in [0.15, 0.2) is 35.2 Å². The number of hydrogen-bond acceptors (Lipinski definition) is 8. The molecule has 0 radical (unpaired) electrons. The lowest BCUT2D eigenvalue weighted by Gasteiger charge is -2.14. The minimum absolute atomic E-state index is 0.0621. The summed E-state index contributed by atoms with van der Waals surface area (Å²) >= 11 is 5.59. The smallest absolute Gasteiger partial charge is 0.335 e. The maximum absolute atomic E-state index is 12.5. The van der Waals surface area contributed by atoms with E-state index in [4.69, 9.17) is 21.1 Å². The van der Waals surface area contributed by atoms with Crippen LogP contribution in [-0.2, 0) is 10.0 Å². The van der Waals surface area contributed by atoms with Crippen LogP contribution < -0.4 is 19.5 Å². The first-order chi connectivity index (χ1) is 12.8. The van der Waals surface area contributed by atoms with Crippen molar-refractivity contribution in [2.24, 2.45) is 0 Å². The summed E-state index contributed by atoms with van der Waals surface area (Å²) < 4.78 is 36.7. The van der Waals surface area contributed by atoms with Crippen LogP contribution in [0.4, 0.5) is 10.7 Å². The van der Waals surface area contributed by atoms with Crippen LogP contribution in [0.25, 0.3) is 0 Å². The van der Waals surface area contributed by atoms with E-state index in [2.05, 4.69) is 15.3 Å². The Morgan fingerprint density at radius 3 is 2.37 bits per heavy atom. The number of aromatic nitrogens is 2. The van der Waals surface area contributed by atoms with Crippen molar-refractivity contribution in [1.29, 1.82) is 0 Å². The zero-order chi connectivity index (χ0) is 20.0. The van der Waals surface area contributed by atoms with Gasteiger partial charge >= 0.3 is 6.03 Å². The number of carbonyl (C=O) groups excluding carboxylic acids is 1. The van der Waals surface area contributed by atoms with Gasteiger partial charge in [0.05, 0.1) is 37.2 Å². The van der Waals surface area contributed by atoms with E-state index in [-0.39, 0.29) is 34.0 Å². The van der Waals surface area contributed by atoms with Crippen LogP contribution in [-0.4, -0.2) is 49.6 Å². The molecule has 10 nitrogen and oxygen atoms in total. The summed E-state index contributed by atoms with van der Waals surface area (Å²) in [5.41, 5.74) is 0.0621. The van der Waals surface area contributed by atoms with E-state index >= 15 is 0 Å². The number of carbonyl (C=O) groups is 1. The number of aliphatic hydroxyl groups is 1. The SMILES string of the molecule is COc1cc(OC)nc(NC(=O)NS(=O)(=O)c2ccccc2C(O)CCl)n1. The van der Waals surface area contributed by atoms with Crippen molar-refractivity contribution in [2.75, 3.05) is 25.4 Å². The molecule has 0 aliphatic rings. The quantitative estimate of drug-likeness (QED) is 0.573. The van der Waals surface area contributed by atoms with Gasteiger partial charge in [-0.25, -0.2) is 17.9 Å². The van der Waals surface area contributed by atoms with Gasteiger partial charge in [-0.3, -0.25) is 5.32 Å². The Kier molecular flexibility index (Phi) is 6.77. The van der Waals surface area contributed by atoms with Crippen molar-refractivity contribution in [3.63, 3.8) is 0 Å². The summed E-state index contributed by atoms with van der Waals surface area (Å²) in [4.78, 5) is 19.5. The number of anilines is 1. The van der Waals surface area contributed by atoms with Crippen LogP contribution >= 0.6 is 11.6 Å². The molecule has 0 saturated heterocycles. The number of urea groups is 1. The van der Waals surface area contributed by atoms with Crippen molar-refractivity contribution in [3.8, 4) is 11.8 Å². The predicted molar refractivity (Wildman–Crippen MR) is 96.6 cm³/mol. The standard InChI is InChI=1S/C15H17ClN4O6S/c1-25-12-7-13(26-2)18-14(17-12)19-15(22)20-27(23,24)11-6-4-3-5-9(11)10(21)8-16/h3-7,10,21H,8H2,1-2H3,(H2,17,18,19,20,22). The van der Waals surface area contributed by atoms with E-state index in [1.807, 2.05) is 4.72 Å². The highest BCUT2D eigenvalue weighted by Gasteiger charge is 2.24. The van der Waals surface area contributed by atoms with Crippen LogP contribution in [0.2, 0.25) is 0 Å². The van der Waals surface area contributed by atoms with Crippen molar-refractivity contribution < 1.29 is 27.8 Å². The van der Waals surface area contributed by atoms with Crippen molar-refractivity contribution >= 4 is 33.6 Å². The van der Waals surface area contributed by atoms with Gasteiger partial charge in [-0.15, -0.1) is 11.6 Å². The van der Waals surface area contributed by atoms with E-state index < -0.39 is 22.2 Å². The Bertz CT molecular complexity index is 902. The van der Waals surface area contributed by atoms with Crippen LogP contribution in [0.3, 0.4) is 0 Å². The molecule has 2 aromatic rings. The summed E-state index contributed by atoms with van der Waals surface area (Å²) in [6.45, 7) is 0. The fraction of sp³-hybridized carbons (Fsp3) is 0.267. The summed E-state index contributed by atoms with van der Waals surface area (Å²) in [5, 5.41) is 12.1. The van der Waals surface area contributed by atoms with Gasteiger partial charge in [-0.2, -0.15) is 9.97 Å². The van der Waals surface area contributed by atoms with E-state index in [9.17, 15) is 18.3 Å². The first-order valence-corrected chi connectivity index (χ1v) is 9.46. The fourth-order valence-electron chi connectivity index (χ4n) is 2.06. The first kappa shape index (κ1) is 20.7. The number of hydrogen-bond donors (Lipinski definition) is 3. The van der Waals surface area contributed by atoms with Gasteiger partial charge in [-0.1, -0.05) is 18.2 Å². The number of nitrogens with zero attached hydrogens (tertiary/aromatic N) is 2. The average molecular weight is 417 g/mol. The van der Waals surface area contributed by atoms with Gasteiger partial charge in [0.25, 0.3) is 10.0 Å². The number of alkyl halides is 1. The number of benzene rings is 1. The second kappa shape index (κ2) is 8.84. The average Bonchev–Trinajstić information content (AvgIpc) is 2.66. The Hall–Kier alpha value is -2.63. The van der Waals surface area contributed by atoms with Gasteiger partial charge in [0.2, 0.25) is 17.7 Å². The monoisotopic (exact) mass is 416 g/mol. The molecule has 1 aromatic carbocycles.